The number of hydrogen-bond donors (Lipinski definition) is 2. The van der Waals surface area contributed by atoms with Crippen molar-refractivity contribution in [2.75, 3.05) is 13.2 Å². The molecule has 0 radical (unpaired) electrons. The van der Waals surface area contributed by atoms with E-state index in [-0.39, 0.29) is 12.3 Å². The zero-order chi connectivity index (χ0) is 16.2. The SMILES string of the molecule is CCOc1ccc(/C=C/C(=O)NCCCCCC(=O)O)cc1. The number of carboxylic acids is 1. The molecular weight excluding hydrogens is 282 g/mol. The molecule has 0 bridgehead atoms. The van der Waals surface area contributed by atoms with E-state index in [1.54, 1.807) is 6.08 Å². The Morgan fingerprint density at radius 2 is 1.91 bits per heavy atom. The lowest BCUT2D eigenvalue weighted by molar-refractivity contribution is -0.137. The summed E-state index contributed by atoms with van der Waals surface area (Å²) < 4.78 is 5.35. The van der Waals surface area contributed by atoms with Crippen molar-refractivity contribution in [3.05, 3.63) is 35.9 Å². The van der Waals surface area contributed by atoms with E-state index >= 15 is 0 Å². The molecule has 1 aromatic rings. The zero-order valence-electron chi connectivity index (χ0n) is 12.9. The van der Waals surface area contributed by atoms with E-state index in [9.17, 15) is 9.59 Å². The van der Waals surface area contributed by atoms with Gasteiger partial charge in [0.1, 0.15) is 5.75 Å². The first kappa shape index (κ1) is 17.8. The Morgan fingerprint density at radius 3 is 2.55 bits per heavy atom. The maximum absolute atomic E-state index is 11.6. The number of benzene rings is 1. The second-order valence-electron chi connectivity index (χ2n) is 4.83. The molecule has 0 aliphatic heterocycles. The lowest BCUT2D eigenvalue weighted by Gasteiger charge is -2.03. The van der Waals surface area contributed by atoms with Gasteiger partial charge in [-0.05, 0) is 43.5 Å². The molecule has 0 saturated carbocycles. The number of amides is 1. The summed E-state index contributed by atoms with van der Waals surface area (Å²) in [5.41, 5.74) is 0.931. The van der Waals surface area contributed by atoms with E-state index in [0.717, 1.165) is 24.2 Å². The van der Waals surface area contributed by atoms with Gasteiger partial charge in [0.2, 0.25) is 5.91 Å². The number of rotatable bonds is 10. The molecule has 1 aromatic carbocycles. The second-order valence-corrected chi connectivity index (χ2v) is 4.83. The van der Waals surface area contributed by atoms with Crippen molar-refractivity contribution in [1.29, 1.82) is 0 Å². The minimum absolute atomic E-state index is 0.146. The lowest BCUT2D eigenvalue weighted by atomic mass is 10.2. The highest BCUT2D eigenvalue weighted by molar-refractivity contribution is 5.91. The van der Waals surface area contributed by atoms with Gasteiger partial charge < -0.3 is 15.2 Å². The summed E-state index contributed by atoms with van der Waals surface area (Å²) in [7, 11) is 0. The summed E-state index contributed by atoms with van der Waals surface area (Å²) in [6, 6.07) is 7.51. The van der Waals surface area contributed by atoms with Gasteiger partial charge in [0.15, 0.2) is 0 Å². The van der Waals surface area contributed by atoms with Crippen LogP contribution in [0, 0.1) is 0 Å². The number of aliphatic carboxylic acids is 1. The lowest BCUT2D eigenvalue weighted by Crippen LogP contribution is -2.22. The molecular formula is C17H23NO4. The fraction of sp³-hybridized carbons (Fsp3) is 0.412. The van der Waals surface area contributed by atoms with E-state index < -0.39 is 5.97 Å². The summed E-state index contributed by atoms with van der Waals surface area (Å²) >= 11 is 0. The zero-order valence-corrected chi connectivity index (χ0v) is 12.9. The van der Waals surface area contributed by atoms with Crippen molar-refractivity contribution in [2.45, 2.75) is 32.6 Å². The first-order valence-corrected chi connectivity index (χ1v) is 7.52. The number of hydrogen-bond acceptors (Lipinski definition) is 3. The third-order valence-electron chi connectivity index (χ3n) is 2.98. The number of carbonyl (C=O) groups is 2. The molecule has 22 heavy (non-hydrogen) atoms. The van der Waals surface area contributed by atoms with Crippen LogP contribution in [0.4, 0.5) is 0 Å². The number of ether oxygens (including phenoxy) is 1. The highest BCUT2D eigenvalue weighted by Gasteiger charge is 1.98. The van der Waals surface area contributed by atoms with Gasteiger partial charge in [0.05, 0.1) is 6.61 Å². The Kier molecular flexibility index (Phi) is 8.42. The largest absolute Gasteiger partial charge is 0.494 e. The average Bonchev–Trinajstić information content (AvgIpc) is 2.50. The molecule has 0 aliphatic carbocycles. The number of carboxylic acid groups (broad SMARTS) is 1. The van der Waals surface area contributed by atoms with Crippen molar-refractivity contribution < 1.29 is 19.4 Å². The van der Waals surface area contributed by atoms with Gasteiger partial charge in [-0.1, -0.05) is 18.6 Å². The molecule has 1 rings (SSSR count). The van der Waals surface area contributed by atoms with Crippen LogP contribution < -0.4 is 10.1 Å². The van der Waals surface area contributed by atoms with Crippen LogP contribution in [-0.4, -0.2) is 30.1 Å². The molecule has 0 spiro atoms. The van der Waals surface area contributed by atoms with Gasteiger partial charge in [-0.15, -0.1) is 0 Å². The maximum atomic E-state index is 11.6. The van der Waals surface area contributed by atoms with Crippen molar-refractivity contribution in [1.82, 2.24) is 5.32 Å². The van der Waals surface area contributed by atoms with Gasteiger partial charge in [-0.25, -0.2) is 0 Å². The van der Waals surface area contributed by atoms with Crippen LogP contribution in [-0.2, 0) is 9.59 Å². The van der Waals surface area contributed by atoms with Crippen LogP contribution >= 0.6 is 0 Å². The topological polar surface area (TPSA) is 75.6 Å². The predicted molar refractivity (Wildman–Crippen MR) is 85.8 cm³/mol. The third-order valence-corrected chi connectivity index (χ3v) is 2.98. The molecule has 2 N–H and O–H groups in total. The van der Waals surface area contributed by atoms with Gasteiger partial charge in [0.25, 0.3) is 0 Å². The van der Waals surface area contributed by atoms with Gasteiger partial charge in [0, 0.05) is 19.0 Å². The fourth-order valence-electron chi connectivity index (χ4n) is 1.86. The third kappa shape index (κ3) is 8.09. The molecule has 5 nitrogen and oxygen atoms in total. The van der Waals surface area contributed by atoms with Crippen molar-refractivity contribution in [2.24, 2.45) is 0 Å². The summed E-state index contributed by atoms with van der Waals surface area (Å²) in [5, 5.41) is 11.3. The Hall–Kier alpha value is -2.30. The van der Waals surface area contributed by atoms with E-state index in [4.69, 9.17) is 9.84 Å². The van der Waals surface area contributed by atoms with Crippen molar-refractivity contribution >= 4 is 18.0 Å². The van der Waals surface area contributed by atoms with E-state index in [1.165, 1.54) is 6.08 Å². The van der Waals surface area contributed by atoms with E-state index in [2.05, 4.69) is 5.32 Å². The van der Waals surface area contributed by atoms with Crippen molar-refractivity contribution in [3.63, 3.8) is 0 Å². The molecule has 0 aliphatic rings. The van der Waals surface area contributed by atoms with Crippen LogP contribution in [0.3, 0.4) is 0 Å². The quantitative estimate of drug-likeness (QED) is 0.515. The molecule has 120 valence electrons. The van der Waals surface area contributed by atoms with Crippen LogP contribution in [0.1, 0.15) is 38.2 Å². The fourth-order valence-corrected chi connectivity index (χ4v) is 1.86. The molecule has 5 heteroatoms. The second kappa shape index (κ2) is 10.4. The highest BCUT2D eigenvalue weighted by Crippen LogP contribution is 2.12. The summed E-state index contributed by atoms with van der Waals surface area (Å²) in [6.45, 7) is 3.12. The molecule has 0 fully saturated rings. The standard InChI is InChI=1S/C17H23NO4/c1-2-22-15-10-7-14(8-11-15)9-12-16(19)18-13-5-3-4-6-17(20)21/h7-12H,2-6,13H2,1H3,(H,18,19)(H,20,21)/b12-9+. The van der Waals surface area contributed by atoms with Crippen LogP contribution in [0.5, 0.6) is 5.75 Å². The summed E-state index contributed by atoms with van der Waals surface area (Å²) in [4.78, 5) is 21.9. The van der Waals surface area contributed by atoms with Crippen molar-refractivity contribution in [3.8, 4) is 5.75 Å². The number of nitrogens with one attached hydrogen (secondary N) is 1. The van der Waals surface area contributed by atoms with Gasteiger partial charge >= 0.3 is 5.97 Å². The molecule has 0 atom stereocenters. The van der Waals surface area contributed by atoms with E-state index in [1.807, 2.05) is 31.2 Å². The van der Waals surface area contributed by atoms with Gasteiger partial charge in [-0.2, -0.15) is 0 Å². The first-order valence-electron chi connectivity index (χ1n) is 7.52. The minimum atomic E-state index is -0.776. The summed E-state index contributed by atoms with van der Waals surface area (Å²) in [6.07, 6.45) is 5.66. The smallest absolute Gasteiger partial charge is 0.303 e. The minimum Gasteiger partial charge on any atom is -0.494 e. The van der Waals surface area contributed by atoms with Gasteiger partial charge in [-0.3, -0.25) is 9.59 Å². The van der Waals surface area contributed by atoms with E-state index in [0.29, 0.717) is 19.6 Å². The predicted octanol–water partition coefficient (Wildman–Crippen LogP) is 2.86. The number of carbonyl (C=O) groups excluding carboxylic acids is 1. The van der Waals surface area contributed by atoms with Crippen LogP contribution in [0.2, 0.25) is 0 Å². The Morgan fingerprint density at radius 1 is 1.18 bits per heavy atom. The van der Waals surface area contributed by atoms with Crippen LogP contribution in [0.25, 0.3) is 6.08 Å². The molecule has 0 unspecified atom stereocenters. The monoisotopic (exact) mass is 305 g/mol. The molecule has 1 amide bonds. The first-order chi connectivity index (χ1) is 10.6. The maximum Gasteiger partial charge on any atom is 0.303 e. The molecule has 0 aromatic heterocycles. The normalized spacial score (nSPS) is 10.6. The Bertz CT molecular complexity index is 494. The average molecular weight is 305 g/mol. The summed E-state index contributed by atoms with van der Waals surface area (Å²) in [5.74, 6) is -0.111. The Balaban J connectivity index is 2.22. The molecule has 0 saturated heterocycles. The van der Waals surface area contributed by atoms with Crippen LogP contribution in [0.15, 0.2) is 30.3 Å². The highest BCUT2D eigenvalue weighted by atomic mass is 16.5. The Labute approximate surface area is 131 Å². The molecule has 0 heterocycles. The number of unbranched alkanes of at least 4 members (excludes halogenated alkanes) is 2.